The monoisotopic (exact) mass is 316 g/mol. The van der Waals surface area contributed by atoms with Crippen molar-refractivity contribution in [2.75, 3.05) is 12.1 Å². The lowest BCUT2D eigenvalue weighted by molar-refractivity contribution is -0.116. The molecule has 1 aliphatic rings. The molecule has 1 amide bonds. The molecule has 0 spiro atoms. The van der Waals surface area contributed by atoms with E-state index < -0.39 is 17.4 Å². The molecule has 0 saturated heterocycles. The first kappa shape index (κ1) is 14.6. The molecular formula is C15H12N2O6. The van der Waals surface area contributed by atoms with Gasteiger partial charge in [0.2, 0.25) is 12.7 Å². The number of pyridine rings is 1. The third-order valence-corrected chi connectivity index (χ3v) is 3.22. The second-order valence-electron chi connectivity index (χ2n) is 4.78. The van der Waals surface area contributed by atoms with Crippen LogP contribution in [-0.2, 0) is 11.3 Å². The van der Waals surface area contributed by atoms with E-state index in [9.17, 15) is 14.4 Å². The molecule has 0 atom stereocenters. The van der Waals surface area contributed by atoms with Crippen LogP contribution in [-0.4, -0.2) is 28.3 Å². The van der Waals surface area contributed by atoms with E-state index in [1.165, 1.54) is 18.3 Å². The van der Waals surface area contributed by atoms with Crippen molar-refractivity contribution in [1.29, 1.82) is 0 Å². The quantitative estimate of drug-likeness (QED) is 0.868. The summed E-state index contributed by atoms with van der Waals surface area (Å²) in [7, 11) is 0. The maximum Gasteiger partial charge on any atom is 0.341 e. The van der Waals surface area contributed by atoms with Gasteiger partial charge in [0.1, 0.15) is 12.1 Å². The summed E-state index contributed by atoms with van der Waals surface area (Å²) in [5.41, 5.74) is -0.633. The van der Waals surface area contributed by atoms with Crippen LogP contribution in [0.15, 0.2) is 41.3 Å². The Hall–Kier alpha value is -3.29. The normalized spacial score (nSPS) is 12.0. The van der Waals surface area contributed by atoms with Crippen LogP contribution in [0.25, 0.3) is 0 Å². The van der Waals surface area contributed by atoms with E-state index in [1.807, 2.05) is 0 Å². The molecule has 0 unspecified atom stereocenters. The minimum atomic E-state index is -1.33. The van der Waals surface area contributed by atoms with Crippen molar-refractivity contribution < 1.29 is 24.2 Å². The van der Waals surface area contributed by atoms with E-state index in [1.54, 1.807) is 18.2 Å². The fraction of sp³-hybridized carbons (Fsp3) is 0.133. The largest absolute Gasteiger partial charge is 0.477 e. The molecule has 23 heavy (non-hydrogen) atoms. The maximum atomic E-state index is 12.0. The van der Waals surface area contributed by atoms with Crippen LogP contribution < -0.4 is 20.3 Å². The van der Waals surface area contributed by atoms with E-state index in [2.05, 4.69) is 5.32 Å². The van der Waals surface area contributed by atoms with Crippen molar-refractivity contribution in [3.63, 3.8) is 0 Å². The predicted octanol–water partition coefficient (Wildman–Crippen LogP) is 0.914. The number of hydrogen-bond acceptors (Lipinski definition) is 5. The molecule has 2 N–H and O–H groups in total. The number of rotatable bonds is 4. The number of amides is 1. The number of fused-ring (bicyclic) bond motifs is 1. The molecule has 8 heteroatoms. The number of nitrogens with one attached hydrogen (secondary N) is 1. The van der Waals surface area contributed by atoms with Gasteiger partial charge >= 0.3 is 5.97 Å². The average molecular weight is 316 g/mol. The zero-order chi connectivity index (χ0) is 16.4. The average Bonchev–Trinajstić information content (AvgIpc) is 2.96. The van der Waals surface area contributed by atoms with Gasteiger partial charge in [0.05, 0.1) is 0 Å². The van der Waals surface area contributed by atoms with Crippen LogP contribution in [0.1, 0.15) is 10.4 Å². The zero-order valence-corrected chi connectivity index (χ0v) is 11.8. The SMILES string of the molecule is O=C(Cn1cccc(C(=O)O)c1=O)Nc1ccc2c(c1)OCO2. The highest BCUT2D eigenvalue weighted by molar-refractivity contribution is 5.91. The lowest BCUT2D eigenvalue weighted by atomic mass is 10.2. The first-order valence-electron chi connectivity index (χ1n) is 6.67. The predicted molar refractivity (Wildman–Crippen MR) is 78.9 cm³/mol. The van der Waals surface area contributed by atoms with Gasteiger partial charge < -0.3 is 24.5 Å². The molecule has 0 bridgehead atoms. The van der Waals surface area contributed by atoms with Gasteiger partial charge in [-0.3, -0.25) is 9.59 Å². The number of nitrogens with zero attached hydrogens (tertiary/aromatic N) is 1. The molecule has 3 rings (SSSR count). The summed E-state index contributed by atoms with van der Waals surface area (Å²) in [4.78, 5) is 34.9. The number of carbonyl (C=O) groups is 2. The summed E-state index contributed by atoms with van der Waals surface area (Å²) in [5.74, 6) is -0.685. The van der Waals surface area contributed by atoms with E-state index in [4.69, 9.17) is 14.6 Å². The van der Waals surface area contributed by atoms with Gasteiger partial charge in [-0.1, -0.05) is 0 Å². The number of carboxylic acids is 1. The number of benzene rings is 1. The molecule has 8 nitrogen and oxygen atoms in total. The summed E-state index contributed by atoms with van der Waals surface area (Å²) in [5, 5.41) is 11.5. The molecule has 0 saturated carbocycles. The van der Waals surface area contributed by atoms with Crippen molar-refractivity contribution in [2.24, 2.45) is 0 Å². The van der Waals surface area contributed by atoms with Gasteiger partial charge in [0, 0.05) is 18.0 Å². The number of carboxylic acid groups (broad SMARTS) is 1. The second-order valence-corrected chi connectivity index (χ2v) is 4.78. The summed E-state index contributed by atoms with van der Waals surface area (Å²) in [6.07, 6.45) is 1.36. The first-order chi connectivity index (χ1) is 11.0. The van der Waals surface area contributed by atoms with Crippen LogP contribution in [0.2, 0.25) is 0 Å². The number of aromatic carboxylic acids is 1. The van der Waals surface area contributed by atoms with Crippen molar-refractivity contribution in [2.45, 2.75) is 6.54 Å². The van der Waals surface area contributed by atoms with E-state index in [0.717, 1.165) is 4.57 Å². The minimum absolute atomic E-state index is 0.129. The fourth-order valence-corrected chi connectivity index (χ4v) is 2.15. The lowest BCUT2D eigenvalue weighted by Crippen LogP contribution is -2.30. The van der Waals surface area contributed by atoms with Crippen molar-refractivity contribution in [3.8, 4) is 11.5 Å². The smallest absolute Gasteiger partial charge is 0.341 e. The third kappa shape index (κ3) is 3.00. The van der Waals surface area contributed by atoms with E-state index >= 15 is 0 Å². The molecule has 1 aromatic heterocycles. The summed E-state index contributed by atoms with van der Waals surface area (Å²) in [6.45, 7) is -0.168. The Bertz CT molecular complexity index is 842. The highest BCUT2D eigenvalue weighted by Crippen LogP contribution is 2.34. The topological polar surface area (TPSA) is 107 Å². The fourth-order valence-electron chi connectivity index (χ4n) is 2.15. The zero-order valence-electron chi connectivity index (χ0n) is 11.8. The van der Waals surface area contributed by atoms with Crippen molar-refractivity contribution in [1.82, 2.24) is 4.57 Å². The molecule has 1 aliphatic heterocycles. The van der Waals surface area contributed by atoms with E-state index in [-0.39, 0.29) is 18.9 Å². The highest BCUT2D eigenvalue weighted by Gasteiger charge is 2.15. The molecule has 118 valence electrons. The molecule has 2 aromatic rings. The van der Waals surface area contributed by atoms with Crippen molar-refractivity contribution >= 4 is 17.6 Å². The van der Waals surface area contributed by atoms with Crippen LogP contribution >= 0.6 is 0 Å². The first-order valence-corrected chi connectivity index (χ1v) is 6.67. The van der Waals surface area contributed by atoms with E-state index in [0.29, 0.717) is 17.2 Å². The van der Waals surface area contributed by atoms with Crippen LogP contribution in [0.5, 0.6) is 11.5 Å². The molecule has 1 aromatic carbocycles. The van der Waals surface area contributed by atoms with Gasteiger partial charge in [-0.05, 0) is 24.3 Å². The van der Waals surface area contributed by atoms with Gasteiger partial charge in [-0.15, -0.1) is 0 Å². The number of carbonyl (C=O) groups excluding carboxylic acids is 1. The second kappa shape index (κ2) is 5.84. The molecule has 0 fully saturated rings. The van der Waals surface area contributed by atoms with Crippen LogP contribution in [0.4, 0.5) is 5.69 Å². The Labute approximate surface area is 129 Å². The van der Waals surface area contributed by atoms with Crippen molar-refractivity contribution in [3.05, 3.63) is 52.4 Å². The summed E-state index contributed by atoms with van der Waals surface area (Å²) < 4.78 is 11.4. The van der Waals surface area contributed by atoms with Gasteiger partial charge in [-0.2, -0.15) is 0 Å². The third-order valence-electron chi connectivity index (χ3n) is 3.22. The Balaban J connectivity index is 1.74. The number of ether oxygens (including phenoxy) is 2. The van der Waals surface area contributed by atoms with Crippen LogP contribution in [0.3, 0.4) is 0 Å². The standard InChI is InChI=1S/C15H12N2O6/c18-13(7-17-5-1-2-10(14(17)19)15(20)21)16-9-3-4-11-12(6-9)23-8-22-11/h1-6H,7-8H2,(H,16,18)(H,20,21). The Morgan fingerprint density at radius 1 is 1.22 bits per heavy atom. The number of hydrogen-bond donors (Lipinski definition) is 2. The van der Waals surface area contributed by atoms with Gasteiger partial charge in [0.15, 0.2) is 11.5 Å². The number of aromatic nitrogens is 1. The van der Waals surface area contributed by atoms with Gasteiger partial charge in [0.25, 0.3) is 5.56 Å². The summed E-state index contributed by atoms with van der Waals surface area (Å²) >= 11 is 0. The Morgan fingerprint density at radius 3 is 2.78 bits per heavy atom. The highest BCUT2D eigenvalue weighted by atomic mass is 16.7. The Kier molecular flexibility index (Phi) is 3.71. The minimum Gasteiger partial charge on any atom is -0.477 e. The molecule has 0 radical (unpaired) electrons. The number of anilines is 1. The maximum absolute atomic E-state index is 12.0. The van der Waals surface area contributed by atoms with Crippen LogP contribution in [0, 0.1) is 0 Å². The molecule has 2 heterocycles. The molecule has 0 aliphatic carbocycles. The molecular weight excluding hydrogens is 304 g/mol. The summed E-state index contributed by atoms with van der Waals surface area (Å²) in [6, 6.07) is 7.50. The Morgan fingerprint density at radius 2 is 2.00 bits per heavy atom. The lowest BCUT2D eigenvalue weighted by Gasteiger charge is -2.08. The van der Waals surface area contributed by atoms with Gasteiger partial charge in [-0.25, -0.2) is 4.79 Å².